The Morgan fingerprint density at radius 1 is 1.33 bits per heavy atom. The summed E-state index contributed by atoms with van der Waals surface area (Å²) in [7, 11) is 1.19. The molecule has 1 heterocycles. The van der Waals surface area contributed by atoms with Gasteiger partial charge in [-0.1, -0.05) is 6.07 Å². The van der Waals surface area contributed by atoms with Crippen molar-refractivity contribution in [2.45, 2.75) is 0 Å². The summed E-state index contributed by atoms with van der Waals surface area (Å²) in [6.07, 6.45) is 1.10. The second-order valence-corrected chi connectivity index (χ2v) is 4.19. The van der Waals surface area contributed by atoms with E-state index >= 15 is 0 Å². The maximum Gasteiger partial charge on any atom is 0.331 e. The van der Waals surface area contributed by atoms with E-state index in [0.29, 0.717) is 4.90 Å². The van der Waals surface area contributed by atoms with Crippen molar-refractivity contribution in [2.75, 3.05) is 7.05 Å². The Balaban J connectivity index is 2.46. The lowest BCUT2D eigenvalue weighted by atomic mass is 10.1. The molecule has 4 amide bonds. The first-order chi connectivity index (χ1) is 9.81. The molecule has 108 valence electrons. The topological polar surface area (TPSA) is 130 Å². The van der Waals surface area contributed by atoms with E-state index in [-0.39, 0.29) is 11.1 Å². The standard InChI is InChI=1S/C12H9N3O6/c1-14-11(18)7(10(17)13-12(14)19)4-6-2-3-9(16)8(5-6)15(20)21/h2-5,16H,1H3,(H,13,17,19)/b7-4+. The Labute approximate surface area is 117 Å². The molecule has 1 saturated heterocycles. The van der Waals surface area contributed by atoms with Crippen molar-refractivity contribution in [1.29, 1.82) is 0 Å². The van der Waals surface area contributed by atoms with Crippen LogP contribution < -0.4 is 5.32 Å². The summed E-state index contributed by atoms with van der Waals surface area (Å²) in [4.78, 5) is 45.3. The Morgan fingerprint density at radius 2 is 2.00 bits per heavy atom. The van der Waals surface area contributed by atoms with Crippen LogP contribution in [0.3, 0.4) is 0 Å². The van der Waals surface area contributed by atoms with Crippen LogP contribution in [-0.4, -0.2) is 39.8 Å². The summed E-state index contributed by atoms with van der Waals surface area (Å²) in [5.74, 6) is -2.24. The molecule has 0 aliphatic carbocycles. The van der Waals surface area contributed by atoms with Crippen molar-refractivity contribution in [2.24, 2.45) is 0 Å². The van der Waals surface area contributed by atoms with Crippen molar-refractivity contribution in [3.8, 4) is 5.75 Å². The summed E-state index contributed by atoms with van der Waals surface area (Å²) in [6.45, 7) is 0. The number of aromatic hydroxyl groups is 1. The van der Waals surface area contributed by atoms with Crippen molar-refractivity contribution >= 4 is 29.6 Å². The van der Waals surface area contributed by atoms with E-state index in [1.807, 2.05) is 5.32 Å². The van der Waals surface area contributed by atoms with Crippen LogP contribution in [0.2, 0.25) is 0 Å². The third-order valence-electron chi connectivity index (χ3n) is 2.81. The Kier molecular flexibility index (Phi) is 3.40. The van der Waals surface area contributed by atoms with Crippen LogP contribution in [0.5, 0.6) is 5.75 Å². The van der Waals surface area contributed by atoms with E-state index in [9.17, 15) is 29.6 Å². The molecule has 0 saturated carbocycles. The third kappa shape index (κ3) is 2.56. The minimum Gasteiger partial charge on any atom is -0.502 e. The number of phenols is 1. The molecule has 1 aromatic carbocycles. The molecule has 0 spiro atoms. The fraction of sp³-hybridized carbons (Fsp3) is 0.0833. The van der Waals surface area contributed by atoms with E-state index in [1.165, 1.54) is 13.1 Å². The van der Waals surface area contributed by atoms with Crippen LogP contribution in [0.15, 0.2) is 23.8 Å². The summed E-state index contributed by atoms with van der Waals surface area (Å²) in [5, 5.41) is 22.0. The summed E-state index contributed by atoms with van der Waals surface area (Å²) in [5.41, 5.74) is -0.727. The molecular weight excluding hydrogens is 282 g/mol. The molecule has 1 fully saturated rings. The van der Waals surface area contributed by atoms with Gasteiger partial charge in [0.05, 0.1) is 4.92 Å². The first kappa shape index (κ1) is 14.2. The molecule has 0 bridgehead atoms. The fourth-order valence-corrected chi connectivity index (χ4v) is 1.69. The number of imide groups is 2. The molecular formula is C12H9N3O6. The number of rotatable bonds is 2. The Hall–Kier alpha value is -3.23. The zero-order chi connectivity index (χ0) is 15.7. The van der Waals surface area contributed by atoms with Crippen molar-refractivity contribution < 1.29 is 24.4 Å². The number of hydrogen-bond donors (Lipinski definition) is 2. The number of nitro benzene ring substituents is 1. The van der Waals surface area contributed by atoms with Crippen LogP contribution >= 0.6 is 0 Å². The van der Waals surface area contributed by atoms with Crippen molar-refractivity contribution in [3.05, 3.63) is 39.4 Å². The zero-order valence-corrected chi connectivity index (χ0v) is 10.7. The van der Waals surface area contributed by atoms with Gasteiger partial charge in [0.25, 0.3) is 11.8 Å². The smallest absolute Gasteiger partial charge is 0.331 e. The average Bonchev–Trinajstić information content (AvgIpc) is 2.42. The molecule has 1 aliphatic heterocycles. The van der Waals surface area contributed by atoms with Gasteiger partial charge < -0.3 is 5.11 Å². The number of nitrogens with one attached hydrogen (secondary N) is 1. The maximum atomic E-state index is 11.8. The molecule has 1 aliphatic rings. The number of hydrogen-bond acceptors (Lipinski definition) is 6. The molecule has 2 rings (SSSR count). The first-order valence-corrected chi connectivity index (χ1v) is 5.63. The quantitative estimate of drug-likeness (QED) is 0.351. The van der Waals surface area contributed by atoms with Gasteiger partial charge in [0.15, 0.2) is 5.75 Å². The Morgan fingerprint density at radius 3 is 2.62 bits per heavy atom. The number of likely N-dealkylation sites (N-methyl/N-ethyl adjacent to an activating group) is 1. The minimum absolute atomic E-state index is 0.167. The minimum atomic E-state index is -0.890. The van der Waals surface area contributed by atoms with Gasteiger partial charge in [-0.05, 0) is 17.7 Å². The van der Waals surface area contributed by atoms with Crippen LogP contribution in [0.4, 0.5) is 10.5 Å². The zero-order valence-electron chi connectivity index (χ0n) is 10.7. The number of barbiturate groups is 1. The second kappa shape index (κ2) is 5.04. The highest BCUT2D eigenvalue weighted by Gasteiger charge is 2.33. The van der Waals surface area contributed by atoms with Gasteiger partial charge in [0.2, 0.25) is 0 Å². The lowest BCUT2D eigenvalue weighted by Crippen LogP contribution is -2.52. The normalized spacial score (nSPS) is 17.1. The van der Waals surface area contributed by atoms with E-state index < -0.39 is 34.2 Å². The second-order valence-electron chi connectivity index (χ2n) is 4.19. The molecule has 0 atom stereocenters. The van der Waals surface area contributed by atoms with Crippen LogP contribution in [0.25, 0.3) is 6.08 Å². The summed E-state index contributed by atoms with van der Waals surface area (Å²) >= 11 is 0. The molecule has 0 aromatic heterocycles. The van der Waals surface area contributed by atoms with Gasteiger partial charge in [-0.2, -0.15) is 0 Å². The lowest BCUT2D eigenvalue weighted by Gasteiger charge is -2.22. The summed E-state index contributed by atoms with van der Waals surface area (Å²) in [6, 6.07) is 2.54. The summed E-state index contributed by atoms with van der Waals surface area (Å²) < 4.78 is 0. The molecule has 0 unspecified atom stereocenters. The van der Waals surface area contributed by atoms with E-state index in [0.717, 1.165) is 18.2 Å². The van der Waals surface area contributed by atoms with Gasteiger partial charge in [-0.25, -0.2) is 4.79 Å². The molecule has 1 aromatic rings. The largest absolute Gasteiger partial charge is 0.502 e. The monoisotopic (exact) mass is 291 g/mol. The Bertz CT molecular complexity index is 709. The van der Waals surface area contributed by atoms with Crippen molar-refractivity contribution in [3.63, 3.8) is 0 Å². The predicted octanol–water partition coefficient (Wildman–Crippen LogP) is 0.392. The maximum absolute atomic E-state index is 11.8. The van der Waals surface area contributed by atoms with Crippen molar-refractivity contribution in [1.82, 2.24) is 10.2 Å². The van der Waals surface area contributed by atoms with E-state index in [1.54, 1.807) is 0 Å². The number of amides is 4. The lowest BCUT2D eigenvalue weighted by molar-refractivity contribution is -0.385. The highest BCUT2D eigenvalue weighted by Crippen LogP contribution is 2.27. The number of benzene rings is 1. The highest BCUT2D eigenvalue weighted by molar-refractivity contribution is 6.30. The van der Waals surface area contributed by atoms with Gasteiger partial charge in [0, 0.05) is 13.1 Å². The van der Waals surface area contributed by atoms with Gasteiger partial charge in [0.1, 0.15) is 5.57 Å². The van der Waals surface area contributed by atoms with E-state index in [2.05, 4.69) is 0 Å². The number of phenolic OH excluding ortho intramolecular Hbond substituents is 1. The molecule has 21 heavy (non-hydrogen) atoms. The van der Waals surface area contributed by atoms with E-state index in [4.69, 9.17) is 0 Å². The van der Waals surface area contributed by atoms with Gasteiger partial charge in [-0.3, -0.25) is 29.9 Å². The SMILES string of the molecule is CN1C(=O)NC(=O)/C(=C\c2ccc(O)c([N+](=O)[O-])c2)C1=O. The van der Waals surface area contributed by atoms with Crippen LogP contribution in [0, 0.1) is 10.1 Å². The number of carbonyl (C=O) groups is 3. The molecule has 9 heteroatoms. The fourth-order valence-electron chi connectivity index (χ4n) is 1.69. The first-order valence-electron chi connectivity index (χ1n) is 5.63. The number of nitro groups is 1. The van der Waals surface area contributed by atoms with Crippen LogP contribution in [-0.2, 0) is 9.59 Å². The number of urea groups is 1. The highest BCUT2D eigenvalue weighted by atomic mass is 16.6. The third-order valence-corrected chi connectivity index (χ3v) is 2.81. The van der Waals surface area contributed by atoms with Gasteiger partial charge >= 0.3 is 11.7 Å². The number of carbonyl (C=O) groups excluding carboxylic acids is 3. The molecule has 2 N–H and O–H groups in total. The molecule has 9 nitrogen and oxygen atoms in total. The number of nitrogens with zero attached hydrogens (tertiary/aromatic N) is 2. The van der Waals surface area contributed by atoms with Gasteiger partial charge in [-0.15, -0.1) is 0 Å². The predicted molar refractivity (Wildman–Crippen MR) is 69.0 cm³/mol. The average molecular weight is 291 g/mol. The van der Waals surface area contributed by atoms with Crippen LogP contribution in [0.1, 0.15) is 5.56 Å². The molecule has 0 radical (unpaired) electrons.